The second kappa shape index (κ2) is 8.91. The largest absolute Gasteiger partial charge is 0.377 e. The van der Waals surface area contributed by atoms with Crippen molar-refractivity contribution in [2.75, 3.05) is 13.2 Å². The first-order valence-corrected chi connectivity index (χ1v) is 10.9. The molecule has 0 unspecified atom stereocenters. The number of aromatic nitrogens is 4. The normalized spacial score (nSPS) is 21.0. The Kier molecular flexibility index (Phi) is 6.26. The highest BCUT2D eigenvalue weighted by molar-refractivity contribution is 9.10. The molecule has 1 fully saturated rings. The first kappa shape index (κ1) is 21.1. The Labute approximate surface area is 184 Å². The van der Waals surface area contributed by atoms with E-state index in [1.165, 1.54) is 17.7 Å². The average Bonchev–Trinajstić information content (AvgIpc) is 3.18. The third-order valence-corrected chi connectivity index (χ3v) is 6.24. The lowest BCUT2D eigenvalue weighted by molar-refractivity contribution is 0.0618. The van der Waals surface area contributed by atoms with Crippen LogP contribution in [-0.2, 0) is 10.3 Å². The van der Waals surface area contributed by atoms with Crippen LogP contribution in [0, 0.1) is 5.82 Å². The molecule has 1 aliphatic carbocycles. The summed E-state index contributed by atoms with van der Waals surface area (Å²) in [6.45, 7) is 5.35. The summed E-state index contributed by atoms with van der Waals surface area (Å²) in [6.07, 6.45) is 1.90. The summed E-state index contributed by atoms with van der Waals surface area (Å²) in [7, 11) is 0. The van der Waals surface area contributed by atoms with Gasteiger partial charge in [-0.1, -0.05) is 34.1 Å². The zero-order valence-corrected chi connectivity index (χ0v) is 18.6. The summed E-state index contributed by atoms with van der Waals surface area (Å²) < 4.78 is 21.9. The van der Waals surface area contributed by atoms with Crippen LogP contribution >= 0.6 is 15.9 Å². The van der Waals surface area contributed by atoms with Crippen LogP contribution in [-0.4, -0.2) is 39.5 Å². The van der Waals surface area contributed by atoms with Crippen LogP contribution in [0.2, 0.25) is 0 Å². The van der Waals surface area contributed by atoms with Crippen LogP contribution < -0.4 is 5.32 Å². The van der Waals surface area contributed by atoms with Crippen LogP contribution in [0.3, 0.4) is 0 Å². The van der Waals surface area contributed by atoms with Crippen molar-refractivity contribution in [3.05, 3.63) is 70.2 Å². The van der Waals surface area contributed by atoms with Crippen molar-refractivity contribution < 1.29 is 9.13 Å². The Morgan fingerprint density at radius 1 is 1.20 bits per heavy atom. The van der Waals surface area contributed by atoms with E-state index in [9.17, 15) is 4.39 Å². The van der Waals surface area contributed by atoms with E-state index in [1.54, 1.807) is 16.8 Å². The van der Waals surface area contributed by atoms with E-state index in [2.05, 4.69) is 55.0 Å². The molecule has 6 nitrogen and oxygen atoms in total. The number of nitrogens with zero attached hydrogens (tertiary/aromatic N) is 4. The minimum absolute atomic E-state index is 0.182. The Morgan fingerprint density at radius 2 is 1.93 bits per heavy atom. The molecule has 0 atom stereocenters. The molecule has 1 heterocycles. The first-order chi connectivity index (χ1) is 14.5. The van der Waals surface area contributed by atoms with Crippen LogP contribution in [0.1, 0.15) is 44.0 Å². The fourth-order valence-electron chi connectivity index (χ4n) is 4.04. The summed E-state index contributed by atoms with van der Waals surface area (Å²) in [5.41, 5.74) is 1.65. The zero-order chi connectivity index (χ0) is 21.1. The van der Waals surface area contributed by atoms with Gasteiger partial charge in [0.2, 0.25) is 0 Å². The SMILES string of the molecule is CC(C)OCCNC1(c2nnnn2-c2ccc(F)cc2)CC(c2ccccc2Br)C1. The Morgan fingerprint density at radius 3 is 2.63 bits per heavy atom. The number of ether oxygens (including phenoxy) is 1. The molecule has 0 aliphatic heterocycles. The van der Waals surface area contributed by atoms with Crippen molar-refractivity contribution in [2.24, 2.45) is 0 Å². The summed E-state index contributed by atoms with van der Waals surface area (Å²) in [6, 6.07) is 14.5. The first-order valence-electron chi connectivity index (χ1n) is 10.1. The molecule has 158 valence electrons. The molecule has 4 rings (SSSR count). The predicted molar refractivity (Wildman–Crippen MR) is 116 cm³/mol. The fourth-order valence-corrected chi connectivity index (χ4v) is 4.65. The predicted octanol–water partition coefficient (Wildman–Crippen LogP) is 4.35. The van der Waals surface area contributed by atoms with Gasteiger partial charge >= 0.3 is 0 Å². The van der Waals surface area contributed by atoms with Gasteiger partial charge in [0.05, 0.1) is 23.9 Å². The van der Waals surface area contributed by atoms with Gasteiger partial charge in [0.1, 0.15) is 5.82 Å². The van der Waals surface area contributed by atoms with Crippen molar-refractivity contribution in [1.82, 2.24) is 25.5 Å². The van der Waals surface area contributed by atoms with Crippen molar-refractivity contribution in [3.63, 3.8) is 0 Å². The molecule has 0 spiro atoms. The molecular formula is C22H25BrFN5O. The molecule has 0 bridgehead atoms. The third kappa shape index (κ3) is 4.31. The zero-order valence-electron chi connectivity index (χ0n) is 17.1. The van der Waals surface area contributed by atoms with E-state index < -0.39 is 0 Å². The topological polar surface area (TPSA) is 64.9 Å². The van der Waals surface area contributed by atoms with Crippen LogP contribution in [0.25, 0.3) is 5.69 Å². The highest BCUT2D eigenvalue weighted by Crippen LogP contribution is 2.51. The lowest BCUT2D eigenvalue weighted by Gasteiger charge is -2.47. The lowest BCUT2D eigenvalue weighted by Crippen LogP contribution is -2.54. The van der Waals surface area contributed by atoms with E-state index in [4.69, 9.17) is 4.74 Å². The van der Waals surface area contributed by atoms with Crippen LogP contribution in [0.5, 0.6) is 0 Å². The van der Waals surface area contributed by atoms with Gasteiger partial charge in [-0.15, -0.1) is 5.10 Å². The lowest BCUT2D eigenvalue weighted by atomic mass is 9.65. The van der Waals surface area contributed by atoms with E-state index in [1.807, 2.05) is 19.9 Å². The van der Waals surface area contributed by atoms with Gasteiger partial charge < -0.3 is 10.1 Å². The average molecular weight is 474 g/mol. The molecule has 3 aromatic rings. The van der Waals surface area contributed by atoms with Gasteiger partial charge in [0, 0.05) is 11.0 Å². The van der Waals surface area contributed by atoms with Gasteiger partial charge in [0.25, 0.3) is 0 Å². The van der Waals surface area contributed by atoms with E-state index in [0.717, 1.165) is 28.8 Å². The molecule has 0 radical (unpaired) electrons. The van der Waals surface area contributed by atoms with E-state index in [-0.39, 0.29) is 17.5 Å². The number of hydrogen-bond donors (Lipinski definition) is 1. The second-order valence-corrected chi connectivity index (χ2v) is 8.80. The van der Waals surface area contributed by atoms with Gasteiger partial charge in [0.15, 0.2) is 5.82 Å². The molecule has 1 aromatic heterocycles. The summed E-state index contributed by atoms with van der Waals surface area (Å²) in [5, 5.41) is 16.1. The highest BCUT2D eigenvalue weighted by Gasteiger charge is 2.50. The molecule has 2 aromatic carbocycles. The summed E-state index contributed by atoms with van der Waals surface area (Å²) in [5.74, 6) is 0.837. The number of nitrogens with one attached hydrogen (secondary N) is 1. The third-order valence-electron chi connectivity index (χ3n) is 5.52. The van der Waals surface area contributed by atoms with Crippen LogP contribution in [0.4, 0.5) is 4.39 Å². The standard InChI is InChI=1S/C22H25BrFN5O/c1-15(2)30-12-11-25-22(13-16(14-22)19-5-3-4-6-20(19)23)21-26-27-28-29(21)18-9-7-17(24)8-10-18/h3-10,15-16,25H,11-14H2,1-2H3. The van der Waals surface area contributed by atoms with Gasteiger partial charge in [-0.25, -0.2) is 4.39 Å². The minimum atomic E-state index is -0.377. The van der Waals surface area contributed by atoms with Gasteiger partial charge in [-0.2, -0.15) is 4.68 Å². The monoisotopic (exact) mass is 473 g/mol. The number of halogens is 2. The quantitative estimate of drug-likeness (QED) is 0.492. The molecule has 0 saturated heterocycles. The highest BCUT2D eigenvalue weighted by atomic mass is 79.9. The molecule has 8 heteroatoms. The van der Waals surface area contributed by atoms with Crippen molar-refractivity contribution >= 4 is 15.9 Å². The Balaban J connectivity index is 1.60. The number of hydrogen-bond acceptors (Lipinski definition) is 5. The van der Waals surface area contributed by atoms with Crippen molar-refractivity contribution in [1.29, 1.82) is 0 Å². The molecule has 1 saturated carbocycles. The fraction of sp³-hybridized carbons (Fsp3) is 0.409. The Bertz CT molecular complexity index is 985. The molecule has 1 N–H and O–H groups in total. The van der Waals surface area contributed by atoms with Gasteiger partial charge in [-0.05, 0) is 78.9 Å². The maximum Gasteiger partial charge on any atom is 0.176 e. The molecule has 1 aliphatic rings. The maximum atomic E-state index is 13.4. The van der Waals surface area contributed by atoms with Crippen molar-refractivity contribution in [3.8, 4) is 5.69 Å². The number of benzene rings is 2. The maximum absolute atomic E-state index is 13.4. The second-order valence-electron chi connectivity index (χ2n) is 7.95. The van der Waals surface area contributed by atoms with Crippen molar-refractivity contribution in [2.45, 2.75) is 44.2 Å². The van der Waals surface area contributed by atoms with Crippen LogP contribution in [0.15, 0.2) is 53.0 Å². The Hall–Kier alpha value is -2.16. The number of tetrazole rings is 1. The van der Waals surface area contributed by atoms with Gasteiger partial charge in [-0.3, -0.25) is 0 Å². The number of rotatable bonds is 8. The molecule has 30 heavy (non-hydrogen) atoms. The smallest absolute Gasteiger partial charge is 0.176 e. The summed E-state index contributed by atoms with van der Waals surface area (Å²) >= 11 is 3.67. The minimum Gasteiger partial charge on any atom is -0.377 e. The molecular weight excluding hydrogens is 449 g/mol. The molecule has 0 amide bonds. The summed E-state index contributed by atoms with van der Waals surface area (Å²) in [4.78, 5) is 0. The van der Waals surface area contributed by atoms with E-state index >= 15 is 0 Å². The van der Waals surface area contributed by atoms with E-state index in [0.29, 0.717) is 19.1 Å².